The molecule has 0 spiro atoms. The quantitative estimate of drug-likeness (QED) is 0.847. The second-order valence-corrected chi connectivity index (χ2v) is 6.49. The second kappa shape index (κ2) is 5.59. The summed E-state index contributed by atoms with van der Waals surface area (Å²) < 4.78 is 1.86. The number of nitrogens with two attached hydrogens (primary N) is 1. The molecule has 0 unspecified atom stereocenters. The lowest BCUT2D eigenvalue weighted by molar-refractivity contribution is 0.212. The molecule has 1 saturated heterocycles. The minimum Gasteiger partial charge on any atom is -0.392 e. The summed E-state index contributed by atoms with van der Waals surface area (Å²) >= 11 is 7.03. The van der Waals surface area contributed by atoms with Crippen LogP contribution in [0, 0.1) is 0 Å². The van der Waals surface area contributed by atoms with Gasteiger partial charge in [0.05, 0.1) is 15.9 Å². The zero-order chi connectivity index (χ0) is 13.2. The van der Waals surface area contributed by atoms with Crippen molar-refractivity contribution in [3.63, 3.8) is 0 Å². The smallest absolute Gasteiger partial charge is 0.0891 e. The molecule has 2 heterocycles. The maximum atomic E-state index is 5.89. The van der Waals surface area contributed by atoms with Crippen LogP contribution in [0.2, 0.25) is 0 Å². The Morgan fingerprint density at radius 1 is 1.56 bits per heavy atom. The molecule has 4 nitrogen and oxygen atoms in total. The van der Waals surface area contributed by atoms with Gasteiger partial charge in [0.1, 0.15) is 0 Å². The number of hydrogen-bond acceptors (Lipinski definition) is 4. The average Bonchev–Trinajstić information content (AvgIpc) is 2.76. The first-order valence-electron chi connectivity index (χ1n) is 6.11. The summed E-state index contributed by atoms with van der Waals surface area (Å²) in [6, 6.07) is 0. The summed E-state index contributed by atoms with van der Waals surface area (Å²) in [5.74, 6) is 0. The summed E-state index contributed by atoms with van der Waals surface area (Å²) in [4.78, 5) is 3.11. The lowest BCUT2D eigenvalue weighted by Gasteiger charge is -2.39. The van der Waals surface area contributed by atoms with Crippen molar-refractivity contribution in [3.05, 3.63) is 18.0 Å². The van der Waals surface area contributed by atoms with E-state index in [4.69, 9.17) is 18.0 Å². The van der Waals surface area contributed by atoms with E-state index in [-0.39, 0.29) is 4.75 Å². The number of thioether (sulfide) groups is 1. The third-order valence-corrected chi connectivity index (χ3v) is 5.60. The Morgan fingerprint density at radius 3 is 2.67 bits per heavy atom. The van der Waals surface area contributed by atoms with E-state index in [1.54, 1.807) is 11.8 Å². The molecule has 2 N–H and O–H groups in total. The van der Waals surface area contributed by atoms with Crippen molar-refractivity contribution in [1.82, 2.24) is 14.7 Å². The second-order valence-electron chi connectivity index (χ2n) is 4.86. The van der Waals surface area contributed by atoms with Crippen LogP contribution in [0.25, 0.3) is 0 Å². The van der Waals surface area contributed by atoms with Gasteiger partial charge in [-0.3, -0.25) is 9.58 Å². The number of nitrogens with zero attached hydrogens (tertiary/aromatic N) is 3. The monoisotopic (exact) mass is 284 g/mol. The molecule has 1 aliphatic rings. The van der Waals surface area contributed by atoms with Crippen LogP contribution in [0.1, 0.15) is 18.4 Å². The van der Waals surface area contributed by atoms with Crippen molar-refractivity contribution in [2.45, 2.75) is 24.1 Å². The Hall–Kier alpha value is -0.590. The summed E-state index contributed by atoms with van der Waals surface area (Å²) in [7, 11) is 1.95. The minimum atomic E-state index is 0.0147. The van der Waals surface area contributed by atoms with E-state index in [0.717, 1.165) is 32.5 Å². The van der Waals surface area contributed by atoms with E-state index in [2.05, 4.69) is 22.5 Å². The van der Waals surface area contributed by atoms with E-state index in [1.807, 2.05) is 17.9 Å². The number of aromatic nitrogens is 2. The van der Waals surface area contributed by atoms with E-state index < -0.39 is 0 Å². The fourth-order valence-corrected chi connectivity index (χ4v) is 3.68. The third-order valence-electron chi connectivity index (χ3n) is 3.67. The molecule has 1 aromatic heterocycles. The van der Waals surface area contributed by atoms with Crippen molar-refractivity contribution in [1.29, 1.82) is 0 Å². The van der Waals surface area contributed by atoms with Gasteiger partial charge in [-0.2, -0.15) is 16.9 Å². The fourth-order valence-electron chi connectivity index (χ4n) is 2.44. The highest BCUT2D eigenvalue weighted by Crippen LogP contribution is 2.35. The predicted octanol–water partition coefficient (Wildman–Crippen LogP) is 1.40. The molecule has 0 atom stereocenters. The van der Waals surface area contributed by atoms with Gasteiger partial charge in [-0.1, -0.05) is 12.2 Å². The van der Waals surface area contributed by atoms with Crippen LogP contribution in [0.5, 0.6) is 0 Å². The van der Waals surface area contributed by atoms with Crippen LogP contribution in [-0.2, 0) is 13.6 Å². The molecular weight excluding hydrogens is 264 g/mol. The number of hydrogen-bond donors (Lipinski definition) is 1. The molecule has 18 heavy (non-hydrogen) atoms. The van der Waals surface area contributed by atoms with Crippen LogP contribution < -0.4 is 5.73 Å². The van der Waals surface area contributed by atoms with E-state index in [1.165, 1.54) is 5.56 Å². The van der Waals surface area contributed by atoms with Gasteiger partial charge in [-0.15, -0.1) is 0 Å². The highest BCUT2D eigenvalue weighted by atomic mass is 32.2. The third kappa shape index (κ3) is 2.87. The van der Waals surface area contributed by atoms with Crippen LogP contribution in [0.4, 0.5) is 0 Å². The zero-order valence-electron chi connectivity index (χ0n) is 10.9. The first-order chi connectivity index (χ1) is 8.55. The molecule has 0 aliphatic carbocycles. The van der Waals surface area contributed by atoms with Gasteiger partial charge < -0.3 is 5.73 Å². The van der Waals surface area contributed by atoms with Gasteiger partial charge >= 0.3 is 0 Å². The van der Waals surface area contributed by atoms with E-state index >= 15 is 0 Å². The number of likely N-dealkylation sites (tertiary alicyclic amines) is 1. The largest absolute Gasteiger partial charge is 0.392 e. The van der Waals surface area contributed by atoms with Crippen LogP contribution in [-0.4, -0.2) is 43.8 Å². The molecule has 6 heteroatoms. The molecule has 0 amide bonds. The lowest BCUT2D eigenvalue weighted by atomic mass is 9.95. The van der Waals surface area contributed by atoms with Crippen molar-refractivity contribution in [2.75, 3.05) is 19.3 Å². The highest BCUT2D eigenvalue weighted by molar-refractivity contribution is 8.02. The Balaban J connectivity index is 1.92. The van der Waals surface area contributed by atoms with Crippen molar-refractivity contribution < 1.29 is 0 Å². The zero-order valence-corrected chi connectivity index (χ0v) is 12.6. The first-order valence-corrected chi connectivity index (χ1v) is 7.74. The maximum absolute atomic E-state index is 5.89. The van der Waals surface area contributed by atoms with Gasteiger partial charge in [0, 0.05) is 38.4 Å². The first kappa shape index (κ1) is 13.8. The number of piperidine rings is 1. The topological polar surface area (TPSA) is 47.1 Å². The summed E-state index contributed by atoms with van der Waals surface area (Å²) in [6.07, 6.45) is 8.21. The van der Waals surface area contributed by atoms with Crippen molar-refractivity contribution in [3.8, 4) is 0 Å². The van der Waals surface area contributed by atoms with Crippen LogP contribution >= 0.6 is 24.0 Å². The van der Waals surface area contributed by atoms with Gasteiger partial charge in [0.15, 0.2) is 0 Å². The minimum absolute atomic E-state index is 0.0147. The van der Waals surface area contributed by atoms with Crippen LogP contribution in [0.3, 0.4) is 0 Å². The lowest BCUT2D eigenvalue weighted by Crippen LogP contribution is -2.48. The molecule has 1 fully saturated rings. The summed E-state index contributed by atoms with van der Waals surface area (Å²) in [5, 5.41) is 4.20. The maximum Gasteiger partial charge on any atom is 0.0891 e. The summed E-state index contributed by atoms with van der Waals surface area (Å²) in [6.45, 7) is 3.07. The molecule has 2 rings (SSSR count). The standard InChI is InChI=1S/C12H20N4S2/c1-15-8-10(7-14-15)9-16-5-3-12(18-2,4-6-16)11(13)17/h7-8H,3-6,9H2,1-2H3,(H2,13,17). The Labute approximate surface area is 118 Å². The number of thiocarbonyl (C=S) groups is 1. The molecule has 1 aliphatic heterocycles. The summed E-state index contributed by atoms with van der Waals surface area (Å²) in [5.41, 5.74) is 7.16. The predicted molar refractivity (Wildman–Crippen MR) is 80.8 cm³/mol. The van der Waals surface area contributed by atoms with E-state index in [0.29, 0.717) is 4.99 Å². The Bertz CT molecular complexity index is 421. The molecule has 1 aromatic rings. The molecule has 100 valence electrons. The van der Waals surface area contributed by atoms with E-state index in [9.17, 15) is 0 Å². The van der Waals surface area contributed by atoms with Crippen molar-refractivity contribution in [2.24, 2.45) is 12.8 Å². The Kier molecular flexibility index (Phi) is 4.29. The molecule has 0 radical (unpaired) electrons. The normalized spacial score (nSPS) is 19.9. The van der Waals surface area contributed by atoms with Gasteiger partial charge in [0.25, 0.3) is 0 Å². The number of aryl methyl sites for hydroxylation is 1. The Morgan fingerprint density at radius 2 is 2.22 bits per heavy atom. The molecule has 0 aromatic carbocycles. The van der Waals surface area contributed by atoms with Gasteiger partial charge in [-0.25, -0.2) is 0 Å². The molecular formula is C12H20N4S2. The number of rotatable bonds is 4. The highest BCUT2D eigenvalue weighted by Gasteiger charge is 2.36. The van der Waals surface area contributed by atoms with Crippen molar-refractivity contribution >= 4 is 29.0 Å². The van der Waals surface area contributed by atoms with Gasteiger partial charge in [0.2, 0.25) is 0 Å². The average molecular weight is 284 g/mol. The van der Waals surface area contributed by atoms with Crippen LogP contribution in [0.15, 0.2) is 12.4 Å². The molecule has 0 bridgehead atoms. The van der Waals surface area contributed by atoms with Gasteiger partial charge in [-0.05, 0) is 19.1 Å². The fraction of sp³-hybridized carbons (Fsp3) is 0.667. The SMILES string of the molecule is CSC1(C(N)=S)CCN(Cc2cnn(C)c2)CC1. The molecule has 0 saturated carbocycles.